The van der Waals surface area contributed by atoms with Gasteiger partial charge in [0.25, 0.3) is 0 Å². The number of amides is 1. The smallest absolute Gasteiger partial charge is 0.238 e. The molecule has 0 aromatic carbocycles. The number of anilines is 1. The highest BCUT2D eigenvalue weighted by atomic mass is 32.2. The number of rotatable bonds is 7. The maximum absolute atomic E-state index is 13.0. The first kappa shape index (κ1) is 22.4. The van der Waals surface area contributed by atoms with Gasteiger partial charge in [-0.3, -0.25) is 9.36 Å². The Bertz CT molecular complexity index is 1180. The maximum atomic E-state index is 13.0. The molecule has 3 aromatic rings. The van der Waals surface area contributed by atoms with E-state index in [1.54, 1.807) is 23.7 Å². The fraction of sp³-hybridized carbons (Fsp3) is 0.391. The molecule has 1 amide bonds. The van der Waals surface area contributed by atoms with Crippen LogP contribution in [-0.4, -0.2) is 25.9 Å². The predicted molar refractivity (Wildman–Crippen MR) is 127 cm³/mol. The summed E-state index contributed by atoms with van der Waals surface area (Å²) in [6.45, 7) is 8.05. The van der Waals surface area contributed by atoms with Crippen LogP contribution in [0.1, 0.15) is 48.0 Å². The van der Waals surface area contributed by atoms with Crippen molar-refractivity contribution in [2.45, 2.75) is 62.9 Å². The number of hydrogen-bond donors (Lipinski definition) is 1. The molecule has 3 heterocycles. The predicted octanol–water partition coefficient (Wildman–Crippen LogP) is 5.35. The Labute approximate surface area is 195 Å². The van der Waals surface area contributed by atoms with Crippen molar-refractivity contribution in [3.63, 3.8) is 0 Å². The molecule has 4 rings (SSSR count). The Hall–Kier alpha value is -2.83. The number of furan rings is 1. The zero-order valence-electron chi connectivity index (χ0n) is 18.2. The molecule has 0 radical (unpaired) electrons. The van der Waals surface area contributed by atoms with Crippen molar-refractivity contribution in [1.29, 1.82) is 5.26 Å². The summed E-state index contributed by atoms with van der Waals surface area (Å²) in [5.41, 5.74) is 2.61. The number of aryl methyl sites for hydroxylation is 2. The molecule has 0 fully saturated rings. The van der Waals surface area contributed by atoms with E-state index in [-0.39, 0.29) is 5.91 Å². The Morgan fingerprint density at radius 3 is 2.97 bits per heavy atom. The topological polar surface area (TPSA) is 96.7 Å². The lowest BCUT2D eigenvalue weighted by molar-refractivity contribution is -0.115. The molecule has 1 atom stereocenters. The summed E-state index contributed by atoms with van der Waals surface area (Å²) in [6, 6.07) is 4.17. The first-order valence-electron chi connectivity index (χ1n) is 10.6. The third-order valence-electron chi connectivity index (χ3n) is 5.55. The third kappa shape index (κ3) is 4.38. The van der Waals surface area contributed by atoms with Crippen LogP contribution in [0, 0.1) is 18.3 Å². The summed E-state index contributed by atoms with van der Waals surface area (Å²) in [7, 11) is 0. The van der Waals surface area contributed by atoms with Crippen LogP contribution in [0.2, 0.25) is 0 Å². The van der Waals surface area contributed by atoms with E-state index < -0.39 is 5.25 Å². The second-order valence-electron chi connectivity index (χ2n) is 7.73. The lowest BCUT2D eigenvalue weighted by Crippen LogP contribution is -2.23. The van der Waals surface area contributed by atoms with Crippen molar-refractivity contribution < 1.29 is 9.21 Å². The van der Waals surface area contributed by atoms with E-state index in [0.717, 1.165) is 42.6 Å². The van der Waals surface area contributed by atoms with Gasteiger partial charge in [0, 0.05) is 11.4 Å². The van der Waals surface area contributed by atoms with Gasteiger partial charge in [-0.15, -0.1) is 28.1 Å². The van der Waals surface area contributed by atoms with E-state index in [4.69, 9.17) is 4.42 Å². The highest BCUT2D eigenvalue weighted by Crippen LogP contribution is 2.37. The SMILES string of the molecule is C=CCn1c(S[C@@H](C)C(=O)Nc2sc3c(c2C#N)CCCCC3)nnc1-c1ccoc1C. The quantitative estimate of drug-likeness (QED) is 0.286. The highest BCUT2D eigenvalue weighted by molar-refractivity contribution is 8.00. The van der Waals surface area contributed by atoms with E-state index in [1.165, 1.54) is 23.1 Å². The van der Waals surface area contributed by atoms with Crippen LogP contribution in [-0.2, 0) is 24.2 Å². The van der Waals surface area contributed by atoms with Crippen molar-refractivity contribution >= 4 is 34.0 Å². The Morgan fingerprint density at radius 2 is 2.25 bits per heavy atom. The molecular weight excluding hydrogens is 442 g/mol. The van der Waals surface area contributed by atoms with Gasteiger partial charge in [-0.25, -0.2) is 0 Å². The maximum Gasteiger partial charge on any atom is 0.238 e. The molecular formula is C23H25N5O2S2. The average Bonchev–Trinajstić information content (AvgIpc) is 3.41. The second kappa shape index (κ2) is 9.76. The molecule has 7 nitrogen and oxygen atoms in total. The Balaban J connectivity index is 1.53. The van der Waals surface area contributed by atoms with Crippen molar-refractivity contribution in [2.24, 2.45) is 0 Å². The number of aromatic nitrogens is 3. The number of nitriles is 1. The second-order valence-corrected chi connectivity index (χ2v) is 10.1. The molecule has 32 heavy (non-hydrogen) atoms. The van der Waals surface area contributed by atoms with Crippen LogP contribution in [0.15, 0.2) is 34.6 Å². The molecule has 9 heteroatoms. The number of thiophene rings is 1. The van der Waals surface area contributed by atoms with Crippen LogP contribution >= 0.6 is 23.1 Å². The molecule has 0 bridgehead atoms. The van der Waals surface area contributed by atoms with Gasteiger partial charge in [-0.1, -0.05) is 24.3 Å². The summed E-state index contributed by atoms with van der Waals surface area (Å²) in [5.74, 6) is 1.28. The van der Waals surface area contributed by atoms with Crippen LogP contribution < -0.4 is 5.32 Å². The number of hydrogen-bond acceptors (Lipinski definition) is 7. The molecule has 0 spiro atoms. The zero-order valence-corrected chi connectivity index (χ0v) is 19.8. The molecule has 0 saturated carbocycles. The number of allylic oxidation sites excluding steroid dienone is 1. The van der Waals surface area contributed by atoms with E-state index in [2.05, 4.69) is 28.2 Å². The zero-order chi connectivity index (χ0) is 22.7. The van der Waals surface area contributed by atoms with Gasteiger partial charge in [-0.05, 0) is 51.2 Å². The van der Waals surface area contributed by atoms with Crippen molar-refractivity contribution in [3.8, 4) is 17.5 Å². The minimum atomic E-state index is -0.422. The molecule has 0 unspecified atom stereocenters. The number of carbonyl (C=O) groups excluding carboxylic acids is 1. The standard InChI is InChI=1S/C23H25N5O2S2/c1-4-11-28-20(16-10-12-30-14(16)2)26-27-23(28)31-15(3)21(29)25-22-18(13-24)17-8-6-5-7-9-19(17)32-22/h4,10,12,15H,1,5-9,11H2,2-3H3,(H,25,29)/t15-/m0/s1. The van der Waals surface area contributed by atoms with E-state index in [1.807, 2.05) is 24.5 Å². The average molecular weight is 468 g/mol. The summed E-state index contributed by atoms with van der Waals surface area (Å²) >= 11 is 2.88. The normalized spacial score (nSPS) is 14.3. The van der Waals surface area contributed by atoms with Crippen LogP contribution in [0.3, 0.4) is 0 Å². The molecule has 3 aromatic heterocycles. The summed E-state index contributed by atoms with van der Waals surface area (Å²) in [6.07, 6.45) is 8.70. The lowest BCUT2D eigenvalue weighted by atomic mass is 10.1. The summed E-state index contributed by atoms with van der Waals surface area (Å²) in [4.78, 5) is 14.2. The van der Waals surface area contributed by atoms with Crippen LogP contribution in [0.25, 0.3) is 11.4 Å². The van der Waals surface area contributed by atoms with Crippen molar-refractivity contribution in [2.75, 3.05) is 5.32 Å². The van der Waals surface area contributed by atoms with E-state index in [9.17, 15) is 10.1 Å². The minimum Gasteiger partial charge on any atom is -0.469 e. The van der Waals surface area contributed by atoms with E-state index >= 15 is 0 Å². The molecule has 166 valence electrons. The van der Waals surface area contributed by atoms with Gasteiger partial charge in [0.05, 0.1) is 22.6 Å². The largest absolute Gasteiger partial charge is 0.469 e. The number of fused-ring (bicyclic) bond motifs is 1. The third-order valence-corrected chi connectivity index (χ3v) is 7.84. The number of nitrogens with zero attached hydrogens (tertiary/aromatic N) is 4. The molecule has 0 aliphatic heterocycles. The monoisotopic (exact) mass is 467 g/mol. The van der Waals surface area contributed by atoms with Gasteiger partial charge >= 0.3 is 0 Å². The van der Waals surface area contributed by atoms with Gasteiger partial charge in [0.2, 0.25) is 5.91 Å². The van der Waals surface area contributed by atoms with Crippen LogP contribution in [0.4, 0.5) is 5.00 Å². The molecule has 1 N–H and O–H groups in total. The summed E-state index contributed by atoms with van der Waals surface area (Å²) in [5, 5.41) is 22.2. The van der Waals surface area contributed by atoms with Gasteiger partial charge in [0.1, 0.15) is 16.8 Å². The van der Waals surface area contributed by atoms with Crippen molar-refractivity contribution in [1.82, 2.24) is 14.8 Å². The first-order valence-corrected chi connectivity index (χ1v) is 12.3. The van der Waals surface area contributed by atoms with E-state index in [0.29, 0.717) is 28.1 Å². The number of thioether (sulfide) groups is 1. The number of carbonyl (C=O) groups is 1. The van der Waals surface area contributed by atoms with Crippen molar-refractivity contribution in [3.05, 3.63) is 46.7 Å². The lowest BCUT2D eigenvalue weighted by Gasteiger charge is -2.12. The van der Waals surface area contributed by atoms with Gasteiger partial charge in [-0.2, -0.15) is 5.26 Å². The molecule has 1 aliphatic rings. The van der Waals surface area contributed by atoms with Gasteiger partial charge in [0.15, 0.2) is 11.0 Å². The highest BCUT2D eigenvalue weighted by Gasteiger charge is 2.25. The first-order chi connectivity index (χ1) is 15.5. The van der Waals surface area contributed by atoms with Gasteiger partial charge < -0.3 is 9.73 Å². The number of nitrogens with one attached hydrogen (secondary N) is 1. The Kier molecular flexibility index (Phi) is 6.82. The fourth-order valence-corrected chi connectivity index (χ4v) is 5.96. The molecule has 1 aliphatic carbocycles. The van der Waals surface area contributed by atoms with Crippen LogP contribution in [0.5, 0.6) is 0 Å². The Morgan fingerprint density at radius 1 is 1.44 bits per heavy atom. The minimum absolute atomic E-state index is 0.155. The summed E-state index contributed by atoms with van der Waals surface area (Å²) < 4.78 is 7.33. The molecule has 0 saturated heterocycles. The fourth-order valence-electron chi connectivity index (χ4n) is 3.86.